The number of halogens is 1. The fourth-order valence-corrected chi connectivity index (χ4v) is 3.97. The van der Waals surface area contributed by atoms with Gasteiger partial charge in [0, 0.05) is 12.7 Å². The van der Waals surface area contributed by atoms with E-state index in [-0.39, 0.29) is 23.3 Å². The number of carbonyl (C=O) groups excluding carboxylic acids is 3. The van der Waals surface area contributed by atoms with Gasteiger partial charge in [-0.25, -0.2) is 4.90 Å². The second kappa shape index (κ2) is 9.67. The maximum Gasteiger partial charge on any atom is 0.266 e. The highest BCUT2D eigenvalue weighted by Crippen LogP contribution is 2.34. The molecule has 0 aromatic heterocycles. The van der Waals surface area contributed by atoms with Crippen LogP contribution in [0.5, 0.6) is 5.75 Å². The molecule has 0 aliphatic carbocycles. The van der Waals surface area contributed by atoms with Crippen LogP contribution < -0.4 is 15.0 Å². The number of rotatable bonds is 7. The molecule has 7 nitrogen and oxygen atoms in total. The van der Waals surface area contributed by atoms with Crippen molar-refractivity contribution in [1.82, 2.24) is 0 Å². The summed E-state index contributed by atoms with van der Waals surface area (Å²) in [6.45, 7) is 4.35. The Kier molecular flexibility index (Phi) is 6.68. The van der Waals surface area contributed by atoms with Crippen LogP contribution >= 0.6 is 11.6 Å². The summed E-state index contributed by atoms with van der Waals surface area (Å²) >= 11 is 6.24. The average molecular weight is 479 g/mol. The van der Waals surface area contributed by atoms with Crippen molar-refractivity contribution in [2.24, 2.45) is 0 Å². The molecule has 1 aliphatic rings. The highest BCUT2D eigenvalue weighted by Gasteiger charge is 2.37. The molecule has 34 heavy (non-hydrogen) atoms. The summed E-state index contributed by atoms with van der Waals surface area (Å²) in [6.07, 6.45) is 0. The number of aryl methyl sites for hydroxylation is 2. The maximum atomic E-state index is 13.2. The van der Waals surface area contributed by atoms with Gasteiger partial charge in [-0.05, 0) is 61.4 Å². The first-order valence-corrected chi connectivity index (χ1v) is 11.0. The number of hydrogen-bond donors (Lipinski definition) is 1. The normalized spacial score (nSPS) is 12.6. The molecular formula is C26H23ClN2O5. The van der Waals surface area contributed by atoms with E-state index in [9.17, 15) is 14.4 Å². The number of imide groups is 1. The van der Waals surface area contributed by atoms with Gasteiger partial charge in [0.2, 0.25) is 0 Å². The number of fused-ring (bicyclic) bond motifs is 1. The molecule has 1 heterocycles. The van der Waals surface area contributed by atoms with Crippen LogP contribution in [0.4, 0.5) is 11.4 Å². The minimum Gasteiger partial charge on any atom is -0.487 e. The first kappa shape index (κ1) is 23.5. The van der Waals surface area contributed by atoms with Gasteiger partial charge in [-0.3, -0.25) is 14.4 Å². The van der Waals surface area contributed by atoms with Crippen LogP contribution in [0.25, 0.3) is 0 Å². The highest BCUT2D eigenvalue weighted by atomic mass is 35.5. The quantitative estimate of drug-likeness (QED) is 0.380. The Morgan fingerprint density at radius 1 is 0.971 bits per heavy atom. The van der Waals surface area contributed by atoms with Gasteiger partial charge in [0.15, 0.2) is 5.75 Å². The second-order valence-corrected chi connectivity index (χ2v) is 8.32. The van der Waals surface area contributed by atoms with E-state index in [1.807, 2.05) is 26.0 Å². The summed E-state index contributed by atoms with van der Waals surface area (Å²) in [5.41, 5.74) is 3.32. The fourth-order valence-electron chi connectivity index (χ4n) is 3.74. The van der Waals surface area contributed by atoms with Crippen molar-refractivity contribution in [3.8, 4) is 5.75 Å². The van der Waals surface area contributed by atoms with Gasteiger partial charge in [0.1, 0.15) is 6.61 Å². The van der Waals surface area contributed by atoms with Gasteiger partial charge in [-0.2, -0.15) is 0 Å². The summed E-state index contributed by atoms with van der Waals surface area (Å²) in [5, 5.41) is 3.11. The lowest BCUT2D eigenvalue weighted by atomic mass is 10.1. The van der Waals surface area contributed by atoms with Gasteiger partial charge in [-0.15, -0.1) is 0 Å². The number of carbonyl (C=O) groups is 3. The zero-order valence-corrected chi connectivity index (χ0v) is 19.7. The van der Waals surface area contributed by atoms with E-state index in [2.05, 4.69) is 5.32 Å². The molecule has 3 amide bonds. The minimum absolute atomic E-state index is 0.182. The SMILES string of the molecule is COCCOc1c(Cl)cccc1NC(=O)c1ccc2c(c1)C(=O)N(c1cc(C)ccc1C)C2=O. The average Bonchev–Trinajstić information content (AvgIpc) is 3.06. The van der Waals surface area contributed by atoms with Crippen LogP contribution in [-0.2, 0) is 4.74 Å². The summed E-state index contributed by atoms with van der Waals surface area (Å²) < 4.78 is 10.6. The summed E-state index contributed by atoms with van der Waals surface area (Å²) in [5.74, 6) is -1.02. The zero-order valence-electron chi connectivity index (χ0n) is 19.0. The van der Waals surface area contributed by atoms with Crippen molar-refractivity contribution in [3.05, 3.63) is 87.4 Å². The number of benzene rings is 3. The Bertz CT molecular complexity index is 1300. The number of nitrogens with zero attached hydrogens (tertiary/aromatic N) is 1. The lowest BCUT2D eigenvalue weighted by molar-refractivity contribution is 0.0925. The number of ether oxygens (including phenoxy) is 2. The number of methoxy groups -OCH3 is 1. The van der Waals surface area contributed by atoms with Gasteiger partial charge < -0.3 is 14.8 Å². The maximum absolute atomic E-state index is 13.2. The molecule has 4 rings (SSSR count). The second-order valence-electron chi connectivity index (χ2n) is 7.91. The van der Waals surface area contributed by atoms with Crippen molar-refractivity contribution in [2.45, 2.75) is 13.8 Å². The third-order valence-electron chi connectivity index (χ3n) is 5.50. The Morgan fingerprint density at radius 2 is 1.74 bits per heavy atom. The highest BCUT2D eigenvalue weighted by molar-refractivity contribution is 6.35. The molecule has 0 bridgehead atoms. The molecule has 1 N–H and O–H groups in total. The van der Waals surface area contributed by atoms with Gasteiger partial charge in [-0.1, -0.05) is 29.8 Å². The number of anilines is 2. The zero-order chi connectivity index (χ0) is 24.4. The number of hydrogen-bond acceptors (Lipinski definition) is 5. The van der Waals surface area contributed by atoms with Crippen molar-refractivity contribution in [2.75, 3.05) is 30.5 Å². The summed E-state index contributed by atoms with van der Waals surface area (Å²) in [4.78, 5) is 40.3. The first-order chi connectivity index (χ1) is 16.3. The Morgan fingerprint density at radius 3 is 2.50 bits per heavy atom. The molecule has 0 saturated heterocycles. The molecule has 3 aromatic carbocycles. The van der Waals surface area contributed by atoms with Crippen LogP contribution in [0.2, 0.25) is 5.02 Å². The largest absolute Gasteiger partial charge is 0.487 e. The molecular weight excluding hydrogens is 456 g/mol. The van der Waals surface area contributed by atoms with Crippen molar-refractivity contribution >= 4 is 40.7 Å². The third-order valence-corrected chi connectivity index (χ3v) is 5.80. The Labute approximate surface area is 202 Å². The lowest BCUT2D eigenvalue weighted by Gasteiger charge is -2.17. The van der Waals surface area contributed by atoms with E-state index < -0.39 is 17.7 Å². The predicted octanol–water partition coefficient (Wildman–Crippen LogP) is 5.03. The van der Waals surface area contributed by atoms with Crippen molar-refractivity contribution < 1.29 is 23.9 Å². The standard InChI is InChI=1S/C26H23ClN2O5/c1-15-7-8-16(2)22(13-15)29-25(31)18-10-9-17(14-19(18)26(29)32)24(30)28-21-6-4-5-20(27)23(21)34-12-11-33-3/h4-10,13-14H,11-12H2,1-3H3,(H,28,30). The molecule has 174 valence electrons. The topological polar surface area (TPSA) is 84.9 Å². The number of para-hydroxylation sites is 1. The monoisotopic (exact) mass is 478 g/mol. The minimum atomic E-state index is -0.466. The van der Waals surface area contributed by atoms with E-state index >= 15 is 0 Å². The van der Waals surface area contributed by atoms with Crippen LogP contribution in [0.3, 0.4) is 0 Å². The molecule has 3 aromatic rings. The smallest absolute Gasteiger partial charge is 0.266 e. The third kappa shape index (κ3) is 4.40. The fraction of sp³-hybridized carbons (Fsp3) is 0.192. The molecule has 0 fully saturated rings. The van der Waals surface area contributed by atoms with Gasteiger partial charge >= 0.3 is 0 Å². The van der Waals surface area contributed by atoms with E-state index in [0.717, 1.165) is 16.0 Å². The van der Waals surface area contributed by atoms with Gasteiger partial charge in [0.25, 0.3) is 17.7 Å². The summed E-state index contributed by atoms with van der Waals surface area (Å²) in [7, 11) is 1.56. The molecule has 0 radical (unpaired) electrons. The number of nitrogens with one attached hydrogen (secondary N) is 1. The molecule has 1 aliphatic heterocycles. The number of amides is 3. The van der Waals surface area contributed by atoms with E-state index in [1.54, 1.807) is 31.4 Å². The lowest BCUT2D eigenvalue weighted by Crippen LogP contribution is -2.30. The Balaban J connectivity index is 1.61. The molecule has 8 heteroatoms. The van der Waals surface area contributed by atoms with E-state index in [4.69, 9.17) is 21.1 Å². The molecule has 0 atom stereocenters. The molecule has 0 saturated carbocycles. The summed E-state index contributed by atoms with van der Waals surface area (Å²) in [6, 6.07) is 15.0. The molecule has 0 unspecified atom stereocenters. The van der Waals surface area contributed by atoms with Gasteiger partial charge in [0.05, 0.1) is 34.1 Å². The van der Waals surface area contributed by atoms with Crippen LogP contribution in [0.1, 0.15) is 42.2 Å². The molecule has 0 spiro atoms. The van der Waals surface area contributed by atoms with E-state index in [1.165, 1.54) is 18.2 Å². The first-order valence-electron chi connectivity index (χ1n) is 10.6. The van der Waals surface area contributed by atoms with E-state index in [0.29, 0.717) is 28.8 Å². The van der Waals surface area contributed by atoms with Crippen LogP contribution in [-0.4, -0.2) is 38.0 Å². The predicted molar refractivity (Wildman–Crippen MR) is 130 cm³/mol. The van der Waals surface area contributed by atoms with Crippen molar-refractivity contribution in [1.29, 1.82) is 0 Å². The Hall–Kier alpha value is -3.68. The van der Waals surface area contributed by atoms with Crippen molar-refractivity contribution in [3.63, 3.8) is 0 Å². The van der Waals surface area contributed by atoms with Crippen LogP contribution in [0, 0.1) is 13.8 Å². The van der Waals surface area contributed by atoms with Crippen LogP contribution in [0.15, 0.2) is 54.6 Å².